The van der Waals surface area contributed by atoms with E-state index in [0.29, 0.717) is 35.7 Å². The van der Waals surface area contributed by atoms with Gasteiger partial charge in [-0.3, -0.25) is 9.59 Å². The van der Waals surface area contributed by atoms with Crippen molar-refractivity contribution in [1.29, 1.82) is 0 Å². The first-order valence-corrected chi connectivity index (χ1v) is 13.5. The van der Waals surface area contributed by atoms with Crippen molar-refractivity contribution in [1.82, 2.24) is 26.2 Å². The predicted molar refractivity (Wildman–Crippen MR) is 126 cm³/mol. The fourth-order valence-electron chi connectivity index (χ4n) is 5.71. The van der Waals surface area contributed by atoms with Crippen LogP contribution in [0.1, 0.15) is 58.3 Å². The quantitative estimate of drug-likeness (QED) is 0.416. The summed E-state index contributed by atoms with van der Waals surface area (Å²) in [6, 6.07) is 0.866. The van der Waals surface area contributed by atoms with Crippen LogP contribution in [0.15, 0.2) is 0 Å². The molecule has 0 saturated carbocycles. The monoisotopic (exact) mass is 451 g/mol. The molecule has 0 spiro atoms. The van der Waals surface area contributed by atoms with Crippen LogP contribution >= 0.6 is 11.8 Å². The molecule has 0 aromatic heterocycles. The minimum absolute atomic E-state index is 0.00185. The van der Waals surface area contributed by atoms with Crippen LogP contribution in [0, 0.1) is 11.8 Å². The average molecular weight is 452 g/mol. The van der Waals surface area contributed by atoms with Crippen LogP contribution in [0.3, 0.4) is 0 Å². The lowest BCUT2D eigenvalue weighted by Crippen LogP contribution is -2.45. The van der Waals surface area contributed by atoms with Gasteiger partial charge in [0.15, 0.2) is 0 Å². The van der Waals surface area contributed by atoms with Gasteiger partial charge in [0.2, 0.25) is 11.8 Å². The molecule has 8 heteroatoms. The Balaban J connectivity index is 1.04. The molecule has 4 rings (SSSR count). The fraction of sp³-hybridized carbons (Fsp3) is 0.913. The lowest BCUT2D eigenvalue weighted by atomic mass is 9.91. The number of likely N-dealkylation sites (tertiary alicyclic amines) is 1. The summed E-state index contributed by atoms with van der Waals surface area (Å²) in [5.74, 6) is 2.90. The highest BCUT2D eigenvalue weighted by molar-refractivity contribution is 8.00. The maximum absolute atomic E-state index is 12.5. The summed E-state index contributed by atoms with van der Waals surface area (Å²) in [7, 11) is 0. The molecule has 2 amide bonds. The first-order valence-electron chi connectivity index (χ1n) is 12.5. The van der Waals surface area contributed by atoms with E-state index in [1.165, 1.54) is 6.42 Å². The number of amides is 2. The number of carbonyl (C=O) groups is 2. The van der Waals surface area contributed by atoms with Crippen LogP contribution < -0.4 is 21.3 Å². The molecular formula is C23H41N5O2S. The van der Waals surface area contributed by atoms with Gasteiger partial charge < -0.3 is 26.2 Å². The number of rotatable bonds is 8. The number of thioether (sulfide) groups is 1. The topological polar surface area (TPSA) is 85.5 Å². The molecule has 0 aliphatic carbocycles. The van der Waals surface area contributed by atoms with Gasteiger partial charge in [-0.05, 0) is 64.0 Å². The zero-order valence-corrected chi connectivity index (χ0v) is 19.9. The highest BCUT2D eigenvalue weighted by Crippen LogP contribution is 2.26. The molecule has 7 nitrogen and oxygen atoms in total. The smallest absolute Gasteiger partial charge is 0.237 e. The first-order chi connectivity index (χ1) is 15.1. The minimum Gasteiger partial charge on any atom is -0.355 e. The normalized spacial score (nSPS) is 34.0. The summed E-state index contributed by atoms with van der Waals surface area (Å²) in [5.41, 5.74) is 0. The number of hydrogen-bond donors (Lipinski definition) is 4. The second-order valence-electron chi connectivity index (χ2n) is 9.97. The Kier molecular flexibility index (Phi) is 8.54. The Bertz CT molecular complexity index is 599. The van der Waals surface area contributed by atoms with Gasteiger partial charge in [-0.2, -0.15) is 0 Å². The van der Waals surface area contributed by atoms with E-state index in [1.807, 2.05) is 11.8 Å². The van der Waals surface area contributed by atoms with Crippen molar-refractivity contribution in [3.8, 4) is 0 Å². The molecule has 0 aromatic carbocycles. The number of carbonyl (C=O) groups excluding carboxylic acids is 2. The van der Waals surface area contributed by atoms with Gasteiger partial charge in [0.25, 0.3) is 0 Å². The van der Waals surface area contributed by atoms with Crippen LogP contribution in [0.5, 0.6) is 0 Å². The van der Waals surface area contributed by atoms with Gasteiger partial charge in [-0.1, -0.05) is 12.8 Å². The van der Waals surface area contributed by atoms with E-state index < -0.39 is 0 Å². The molecule has 4 fully saturated rings. The van der Waals surface area contributed by atoms with Crippen LogP contribution in [0.4, 0.5) is 0 Å². The molecule has 4 N–H and O–H groups in total. The van der Waals surface area contributed by atoms with E-state index in [-0.39, 0.29) is 11.9 Å². The van der Waals surface area contributed by atoms with Crippen molar-refractivity contribution < 1.29 is 9.59 Å². The standard InChI is InChI=1S/C23H41N5O2S/c1-16-26-19(15-31-16)13-22(29)28-10-6-17(7-11-28)4-2-3-8-25-23(30)21-12-18-14-24-9-5-20(18)27-21/h16-21,24,26-27H,2-15H2,1H3,(H,25,30). The number of hydrogen-bond acceptors (Lipinski definition) is 6. The van der Waals surface area contributed by atoms with Gasteiger partial charge in [0, 0.05) is 43.9 Å². The van der Waals surface area contributed by atoms with E-state index in [2.05, 4.69) is 33.1 Å². The van der Waals surface area contributed by atoms with Gasteiger partial charge in [-0.15, -0.1) is 11.8 Å². The summed E-state index contributed by atoms with van der Waals surface area (Å²) in [6.45, 7) is 6.89. The lowest BCUT2D eigenvalue weighted by molar-refractivity contribution is -0.133. The molecule has 0 radical (unpaired) electrons. The van der Waals surface area contributed by atoms with Crippen molar-refractivity contribution in [3.05, 3.63) is 0 Å². The number of nitrogens with one attached hydrogen (secondary N) is 4. The molecule has 0 aromatic rings. The molecule has 176 valence electrons. The van der Waals surface area contributed by atoms with Gasteiger partial charge in [0.05, 0.1) is 11.4 Å². The van der Waals surface area contributed by atoms with Crippen molar-refractivity contribution in [2.45, 2.75) is 81.8 Å². The van der Waals surface area contributed by atoms with Crippen molar-refractivity contribution in [2.75, 3.05) is 38.5 Å². The van der Waals surface area contributed by atoms with Crippen LogP contribution in [0.2, 0.25) is 0 Å². The average Bonchev–Trinajstić information content (AvgIpc) is 3.39. The molecule has 0 bridgehead atoms. The fourth-order valence-corrected chi connectivity index (χ4v) is 6.74. The Hall–Kier alpha value is -0.830. The lowest BCUT2D eigenvalue weighted by Gasteiger charge is -2.32. The molecule has 31 heavy (non-hydrogen) atoms. The largest absolute Gasteiger partial charge is 0.355 e. The van der Waals surface area contributed by atoms with E-state index in [4.69, 9.17) is 0 Å². The maximum atomic E-state index is 12.5. The zero-order valence-electron chi connectivity index (χ0n) is 19.0. The zero-order chi connectivity index (χ0) is 21.6. The summed E-state index contributed by atoms with van der Waals surface area (Å²) in [4.78, 5) is 27.1. The summed E-state index contributed by atoms with van der Waals surface area (Å²) < 4.78 is 0. The Labute approximate surface area is 191 Å². The Morgan fingerprint density at radius 2 is 1.97 bits per heavy atom. The van der Waals surface area contributed by atoms with Gasteiger partial charge in [0.1, 0.15) is 0 Å². The second kappa shape index (κ2) is 11.3. The van der Waals surface area contributed by atoms with E-state index in [0.717, 1.165) is 82.9 Å². The van der Waals surface area contributed by atoms with E-state index in [9.17, 15) is 9.59 Å². The molecule has 4 aliphatic rings. The first kappa shape index (κ1) is 23.3. The van der Waals surface area contributed by atoms with Crippen LogP contribution in [-0.4, -0.2) is 78.7 Å². The molecule has 4 aliphatic heterocycles. The third kappa shape index (κ3) is 6.59. The third-order valence-electron chi connectivity index (χ3n) is 7.62. The van der Waals surface area contributed by atoms with Crippen molar-refractivity contribution in [2.24, 2.45) is 11.8 Å². The number of unbranched alkanes of at least 4 members (excludes halogenated alkanes) is 1. The third-order valence-corrected chi connectivity index (χ3v) is 8.85. The predicted octanol–water partition coefficient (Wildman–Crippen LogP) is 1.29. The van der Waals surface area contributed by atoms with Crippen LogP contribution in [-0.2, 0) is 9.59 Å². The van der Waals surface area contributed by atoms with Crippen molar-refractivity contribution in [3.63, 3.8) is 0 Å². The van der Waals surface area contributed by atoms with Crippen molar-refractivity contribution >= 4 is 23.6 Å². The van der Waals surface area contributed by atoms with Gasteiger partial charge >= 0.3 is 0 Å². The number of fused-ring (bicyclic) bond motifs is 1. The Morgan fingerprint density at radius 1 is 1.13 bits per heavy atom. The Morgan fingerprint density at radius 3 is 2.71 bits per heavy atom. The van der Waals surface area contributed by atoms with E-state index in [1.54, 1.807) is 0 Å². The molecule has 4 saturated heterocycles. The summed E-state index contributed by atoms with van der Waals surface area (Å²) >= 11 is 1.91. The highest BCUT2D eigenvalue weighted by Gasteiger charge is 2.38. The minimum atomic E-state index is -0.00185. The summed E-state index contributed by atoms with van der Waals surface area (Å²) in [6.07, 6.45) is 8.43. The second-order valence-corrected chi connectivity index (χ2v) is 11.3. The molecular weight excluding hydrogens is 410 g/mol. The van der Waals surface area contributed by atoms with E-state index >= 15 is 0 Å². The number of nitrogens with zero attached hydrogens (tertiary/aromatic N) is 1. The summed E-state index contributed by atoms with van der Waals surface area (Å²) in [5, 5.41) is 14.1. The highest BCUT2D eigenvalue weighted by atomic mass is 32.2. The molecule has 5 atom stereocenters. The number of piperidine rings is 2. The molecule has 4 heterocycles. The van der Waals surface area contributed by atoms with Gasteiger partial charge in [-0.25, -0.2) is 0 Å². The van der Waals surface area contributed by atoms with Crippen LogP contribution in [0.25, 0.3) is 0 Å². The molecule has 5 unspecified atom stereocenters. The maximum Gasteiger partial charge on any atom is 0.237 e. The SMILES string of the molecule is CC1NC(CC(=O)N2CCC(CCCCNC(=O)C3CC4CNCCC4N3)CC2)CS1.